The van der Waals surface area contributed by atoms with E-state index in [0.717, 1.165) is 52.9 Å². The van der Waals surface area contributed by atoms with Crippen molar-refractivity contribution in [3.63, 3.8) is 0 Å². The Morgan fingerprint density at radius 2 is 1.97 bits per heavy atom. The summed E-state index contributed by atoms with van der Waals surface area (Å²) in [5.74, 6) is 0. The number of aryl methyl sites for hydroxylation is 1. The van der Waals surface area contributed by atoms with Crippen molar-refractivity contribution in [3.05, 3.63) is 78.1 Å². The first-order chi connectivity index (χ1) is 14.0. The van der Waals surface area contributed by atoms with Crippen molar-refractivity contribution in [2.45, 2.75) is 33.1 Å². The molecule has 0 unspecified atom stereocenters. The van der Waals surface area contributed by atoms with Gasteiger partial charge in [-0.15, -0.1) is 0 Å². The van der Waals surface area contributed by atoms with E-state index in [2.05, 4.69) is 67.2 Å². The van der Waals surface area contributed by atoms with Gasteiger partial charge in [-0.1, -0.05) is 56.3 Å². The Bertz CT molecular complexity index is 917. The van der Waals surface area contributed by atoms with E-state index < -0.39 is 0 Å². The van der Waals surface area contributed by atoms with E-state index in [4.69, 9.17) is 4.98 Å². The maximum absolute atomic E-state index is 5.06. The summed E-state index contributed by atoms with van der Waals surface area (Å²) in [6.45, 7) is 8.23. The predicted octanol–water partition coefficient (Wildman–Crippen LogP) is 6.28. The van der Waals surface area contributed by atoms with E-state index in [-0.39, 0.29) is 0 Å². The monoisotopic (exact) mass is 387 g/mol. The van der Waals surface area contributed by atoms with E-state index in [1.54, 1.807) is 7.05 Å². The molecule has 0 spiro atoms. The number of pyridine rings is 1. The van der Waals surface area contributed by atoms with Crippen LogP contribution >= 0.6 is 0 Å². The molecule has 0 aliphatic heterocycles. The maximum atomic E-state index is 5.06. The summed E-state index contributed by atoms with van der Waals surface area (Å²) in [6.07, 6.45) is 11.2. The Hall–Kier alpha value is -2.94. The number of aromatic nitrogens is 1. The fourth-order valence-electron chi connectivity index (χ4n) is 3.28. The molecule has 152 valence electrons. The minimum Gasteiger partial charge on any atom is -0.383 e. The molecule has 3 nitrogen and oxygen atoms in total. The fraction of sp³-hybridized carbons (Fsp3) is 0.308. The molecule has 0 atom stereocenters. The summed E-state index contributed by atoms with van der Waals surface area (Å²) >= 11 is 0. The quantitative estimate of drug-likeness (QED) is 0.374. The smallest absolute Gasteiger partial charge is 0.0705 e. The van der Waals surface area contributed by atoms with Gasteiger partial charge in [0.25, 0.3) is 0 Å². The summed E-state index contributed by atoms with van der Waals surface area (Å²) in [5, 5.41) is 0. The van der Waals surface area contributed by atoms with E-state index in [9.17, 15) is 0 Å². The van der Waals surface area contributed by atoms with E-state index >= 15 is 0 Å². The topological polar surface area (TPSA) is 28.5 Å². The largest absolute Gasteiger partial charge is 0.383 e. The molecule has 0 N–H and O–H groups in total. The normalized spacial score (nSPS) is 12.4. The number of rotatable bonds is 9. The number of hydrogen-bond acceptors (Lipinski definition) is 3. The zero-order valence-corrected chi connectivity index (χ0v) is 18.4. The summed E-state index contributed by atoms with van der Waals surface area (Å²) in [4.78, 5) is 11.3. The van der Waals surface area contributed by atoms with Crippen LogP contribution in [0.1, 0.15) is 43.5 Å². The summed E-state index contributed by atoms with van der Waals surface area (Å²) in [7, 11) is 5.85. The third kappa shape index (κ3) is 6.02. The Kier molecular flexibility index (Phi) is 8.60. The van der Waals surface area contributed by atoms with E-state index in [1.165, 1.54) is 5.56 Å². The lowest BCUT2D eigenvalue weighted by atomic mass is 9.98. The summed E-state index contributed by atoms with van der Waals surface area (Å²) in [6, 6.07) is 12.8. The highest BCUT2D eigenvalue weighted by molar-refractivity contribution is 6.10. The highest BCUT2D eigenvalue weighted by Crippen LogP contribution is 2.27. The number of hydrogen-bond donors (Lipinski definition) is 0. The molecule has 3 heteroatoms. The first kappa shape index (κ1) is 22.4. The molecule has 0 saturated heterocycles. The molecule has 0 bridgehead atoms. The fourth-order valence-corrected chi connectivity index (χ4v) is 3.28. The minimum atomic E-state index is 0.965. The zero-order chi connectivity index (χ0) is 21.2. The molecule has 29 heavy (non-hydrogen) atoms. The van der Waals surface area contributed by atoms with Gasteiger partial charge < -0.3 is 4.90 Å². The van der Waals surface area contributed by atoms with Gasteiger partial charge in [0, 0.05) is 50.4 Å². The zero-order valence-electron chi connectivity index (χ0n) is 18.4. The second-order valence-corrected chi connectivity index (χ2v) is 7.26. The average Bonchev–Trinajstić information content (AvgIpc) is 2.74. The molecule has 0 aliphatic rings. The maximum Gasteiger partial charge on any atom is 0.0705 e. The molecule has 0 saturated carbocycles. The van der Waals surface area contributed by atoms with Crippen LogP contribution in [0.2, 0.25) is 0 Å². The summed E-state index contributed by atoms with van der Waals surface area (Å²) in [5.41, 5.74) is 7.77. The number of allylic oxidation sites excluding steroid dienone is 4. The molecule has 2 aromatic rings. The molecule has 0 amide bonds. The highest BCUT2D eigenvalue weighted by atomic mass is 15.0. The molecule has 0 fully saturated rings. The van der Waals surface area contributed by atoms with Crippen molar-refractivity contribution in [1.82, 2.24) is 9.88 Å². The van der Waals surface area contributed by atoms with Crippen LogP contribution in [0.25, 0.3) is 22.4 Å². The predicted molar refractivity (Wildman–Crippen MR) is 128 cm³/mol. The molecule has 0 aliphatic carbocycles. The third-order valence-electron chi connectivity index (χ3n) is 4.74. The van der Waals surface area contributed by atoms with Gasteiger partial charge >= 0.3 is 0 Å². The average molecular weight is 388 g/mol. The molecule has 2 rings (SSSR count). The van der Waals surface area contributed by atoms with Gasteiger partial charge in [0.2, 0.25) is 0 Å². The van der Waals surface area contributed by atoms with Crippen LogP contribution in [0.4, 0.5) is 0 Å². The van der Waals surface area contributed by atoms with Gasteiger partial charge in [0.1, 0.15) is 0 Å². The molecular weight excluding hydrogens is 354 g/mol. The lowest BCUT2D eigenvalue weighted by molar-refractivity contribution is 0.566. The number of nitrogens with zero attached hydrogens (tertiary/aromatic N) is 3. The SMILES string of the molecule is C=C/C(=C\N(C)C)c1cccc(-c2ccc(/C(C=NC)=C/C)c(CCCC)n2)c1. The molecule has 1 aromatic heterocycles. The summed E-state index contributed by atoms with van der Waals surface area (Å²) < 4.78 is 0. The number of aliphatic imine (C=N–C) groups is 1. The number of benzene rings is 1. The first-order valence-electron chi connectivity index (χ1n) is 10.2. The van der Waals surface area contributed by atoms with Crippen LogP contribution in [0, 0.1) is 0 Å². The second kappa shape index (κ2) is 11.2. The van der Waals surface area contributed by atoms with Crippen molar-refractivity contribution in [1.29, 1.82) is 0 Å². The standard InChI is InChI=1S/C26H33N3/c1-7-10-14-26-24(20(8-2)18-27-4)15-16-25(28-26)23-13-11-12-22(17-23)21(9-3)19-29(5)6/h8-9,11-13,15-19H,3,7,10,14H2,1-2,4-6H3/b20-8+,21-19+,27-18?. The first-order valence-corrected chi connectivity index (χ1v) is 10.2. The van der Waals surface area contributed by atoms with Crippen LogP contribution < -0.4 is 0 Å². The van der Waals surface area contributed by atoms with Gasteiger partial charge in [-0.05, 0) is 48.6 Å². The molecule has 1 aromatic carbocycles. The van der Waals surface area contributed by atoms with Crippen LogP contribution in [-0.4, -0.2) is 37.2 Å². The lowest BCUT2D eigenvalue weighted by Gasteiger charge is -2.13. The Balaban J connectivity index is 2.52. The Labute approximate surface area is 176 Å². The number of unbranched alkanes of at least 4 members (excludes halogenated alkanes) is 1. The van der Waals surface area contributed by atoms with E-state index in [0.29, 0.717) is 0 Å². The van der Waals surface area contributed by atoms with Gasteiger partial charge in [-0.25, -0.2) is 0 Å². The van der Waals surface area contributed by atoms with Crippen molar-refractivity contribution in [2.24, 2.45) is 4.99 Å². The van der Waals surface area contributed by atoms with Crippen molar-refractivity contribution < 1.29 is 0 Å². The van der Waals surface area contributed by atoms with Crippen molar-refractivity contribution in [2.75, 3.05) is 21.1 Å². The van der Waals surface area contributed by atoms with Gasteiger partial charge in [0.15, 0.2) is 0 Å². The molecule has 0 radical (unpaired) electrons. The van der Waals surface area contributed by atoms with Crippen molar-refractivity contribution >= 4 is 17.4 Å². The minimum absolute atomic E-state index is 0.965. The van der Waals surface area contributed by atoms with Crippen LogP contribution in [0.15, 0.2) is 66.3 Å². The van der Waals surface area contributed by atoms with E-state index in [1.807, 2.05) is 38.2 Å². The van der Waals surface area contributed by atoms with Gasteiger partial charge in [0.05, 0.1) is 5.69 Å². The van der Waals surface area contributed by atoms with Gasteiger partial charge in [-0.3, -0.25) is 9.98 Å². The van der Waals surface area contributed by atoms with Crippen LogP contribution in [-0.2, 0) is 6.42 Å². The van der Waals surface area contributed by atoms with Crippen molar-refractivity contribution in [3.8, 4) is 11.3 Å². The van der Waals surface area contributed by atoms with Crippen LogP contribution in [0.3, 0.4) is 0 Å². The van der Waals surface area contributed by atoms with Gasteiger partial charge in [-0.2, -0.15) is 0 Å². The molecular formula is C26H33N3. The second-order valence-electron chi connectivity index (χ2n) is 7.26. The highest BCUT2D eigenvalue weighted by Gasteiger charge is 2.11. The molecule has 1 heterocycles. The van der Waals surface area contributed by atoms with Crippen LogP contribution in [0.5, 0.6) is 0 Å². The Morgan fingerprint density at radius 1 is 1.17 bits per heavy atom. The lowest BCUT2D eigenvalue weighted by Crippen LogP contribution is -2.02. The third-order valence-corrected chi connectivity index (χ3v) is 4.74. The Morgan fingerprint density at radius 3 is 2.59 bits per heavy atom.